The standard InChI is InChI=1S/C14H18O7/c1-19-14-12(17)11(16)10(15)9(21-14)7-20-13(18)8-5-3-2-4-6-8/h2-6,9-12,14-17H,7H2,1H3. The zero-order chi connectivity index (χ0) is 15.4. The number of methoxy groups -OCH3 is 1. The van der Waals surface area contributed by atoms with Crippen molar-refractivity contribution in [3.05, 3.63) is 35.9 Å². The molecule has 0 aromatic heterocycles. The van der Waals surface area contributed by atoms with E-state index in [2.05, 4.69) is 0 Å². The average Bonchev–Trinajstić information content (AvgIpc) is 2.52. The van der Waals surface area contributed by atoms with Gasteiger partial charge in [0.25, 0.3) is 0 Å². The maximum atomic E-state index is 11.8. The number of ether oxygens (including phenoxy) is 3. The molecule has 0 bridgehead atoms. The van der Waals surface area contributed by atoms with Gasteiger partial charge in [-0.3, -0.25) is 0 Å². The molecule has 21 heavy (non-hydrogen) atoms. The molecule has 7 nitrogen and oxygen atoms in total. The van der Waals surface area contributed by atoms with E-state index in [1.54, 1.807) is 30.3 Å². The fraction of sp³-hybridized carbons (Fsp3) is 0.500. The molecule has 5 unspecified atom stereocenters. The number of benzene rings is 1. The molecule has 7 heteroatoms. The van der Waals surface area contributed by atoms with Crippen molar-refractivity contribution in [1.82, 2.24) is 0 Å². The molecule has 1 heterocycles. The molecule has 1 fully saturated rings. The van der Waals surface area contributed by atoms with Crippen LogP contribution in [-0.2, 0) is 14.2 Å². The molecular weight excluding hydrogens is 280 g/mol. The molecule has 1 aromatic carbocycles. The smallest absolute Gasteiger partial charge is 0.338 e. The fourth-order valence-electron chi connectivity index (χ4n) is 2.06. The Morgan fingerprint density at radius 2 is 1.81 bits per heavy atom. The third kappa shape index (κ3) is 3.58. The molecule has 0 saturated carbocycles. The summed E-state index contributed by atoms with van der Waals surface area (Å²) in [6, 6.07) is 8.35. The van der Waals surface area contributed by atoms with Crippen molar-refractivity contribution in [3.8, 4) is 0 Å². The average molecular weight is 298 g/mol. The van der Waals surface area contributed by atoms with Crippen LogP contribution in [0.4, 0.5) is 0 Å². The fourth-order valence-corrected chi connectivity index (χ4v) is 2.06. The summed E-state index contributed by atoms with van der Waals surface area (Å²) in [7, 11) is 1.30. The van der Waals surface area contributed by atoms with Crippen molar-refractivity contribution in [2.24, 2.45) is 0 Å². The highest BCUT2D eigenvalue weighted by Gasteiger charge is 2.44. The zero-order valence-corrected chi connectivity index (χ0v) is 11.5. The van der Waals surface area contributed by atoms with E-state index in [4.69, 9.17) is 14.2 Å². The minimum Gasteiger partial charge on any atom is -0.459 e. The van der Waals surface area contributed by atoms with Gasteiger partial charge in [-0.25, -0.2) is 4.79 Å². The SMILES string of the molecule is COC1OC(COC(=O)c2ccccc2)C(O)C(O)C1O. The van der Waals surface area contributed by atoms with Crippen LogP contribution in [0.1, 0.15) is 10.4 Å². The van der Waals surface area contributed by atoms with E-state index in [1.165, 1.54) is 7.11 Å². The Bertz CT molecular complexity index is 462. The van der Waals surface area contributed by atoms with Crippen LogP contribution in [0.15, 0.2) is 30.3 Å². The molecule has 1 aromatic rings. The van der Waals surface area contributed by atoms with Crippen LogP contribution in [0, 0.1) is 0 Å². The van der Waals surface area contributed by atoms with Gasteiger partial charge in [0.1, 0.15) is 31.0 Å². The lowest BCUT2D eigenvalue weighted by Gasteiger charge is -2.39. The van der Waals surface area contributed by atoms with Crippen LogP contribution < -0.4 is 0 Å². The molecule has 0 spiro atoms. The third-order valence-corrected chi connectivity index (χ3v) is 3.29. The highest BCUT2D eigenvalue weighted by Crippen LogP contribution is 2.22. The molecule has 5 atom stereocenters. The summed E-state index contributed by atoms with van der Waals surface area (Å²) in [6.45, 7) is -0.265. The molecule has 1 aliphatic rings. The lowest BCUT2D eigenvalue weighted by Crippen LogP contribution is -2.59. The van der Waals surface area contributed by atoms with Gasteiger partial charge in [0, 0.05) is 7.11 Å². The first-order chi connectivity index (χ1) is 10.0. The number of hydrogen-bond acceptors (Lipinski definition) is 7. The van der Waals surface area contributed by atoms with E-state index in [9.17, 15) is 20.1 Å². The molecule has 2 rings (SSSR count). The van der Waals surface area contributed by atoms with Crippen LogP contribution in [0.3, 0.4) is 0 Å². The first kappa shape index (κ1) is 15.9. The number of aliphatic hydroxyl groups is 3. The van der Waals surface area contributed by atoms with Crippen LogP contribution in [-0.4, -0.2) is 65.7 Å². The topological polar surface area (TPSA) is 105 Å². The number of hydrogen-bond donors (Lipinski definition) is 3. The molecular formula is C14H18O7. The monoisotopic (exact) mass is 298 g/mol. The van der Waals surface area contributed by atoms with Gasteiger partial charge in [-0.15, -0.1) is 0 Å². The molecule has 3 N–H and O–H groups in total. The Balaban J connectivity index is 1.94. The Kier molecular flexibility index (Phi) is 5.27. The summed E-state index contributed by atoms with van der Waals surface area (Å²) < 4.78 is 15.2. The van der Waals surface area contributed by atoms with Gasteiger partial charge in [0.2, 0.25) is 0 Å². The second kappa shape index (κ2) is 6.97. The normalized spacial score (nSPS) is 32.7. The second-order valence-electron chi connectivity index (χ2n) is 4.71. The first-order valence-corrected chi connectivity index (χ1v) is 6.49. The molecule has 1 saturated heterocycles. The number of esters is 1. The van der Waals surface area contributed by atoms with Crippen molar-refractivity contribution in [2.75, 3.05) is 13.7 Å². The van der Waals surface area contributed by atoms with E-state index < -0.39 is 36.7 Å². The molecule has 1 aliphatic heterocycles. The van der Waals surface area contributed by atoms with Gasteiger partial charge in [-0.2, -0.15) is 0 Å². The van der Waals surface area contributed by atoms with Crippen LogP contribution in [0.5, 0.6) is 0 Å². The summed E-state index contributed by atoms with van der Waals surface area (Å²) in [5.74, 6) is -0.569. The number of carbonyl (C=O) groups is 1. The summed E-state index contributed by atoms with van der Waals surface area (Å²) >= 11 is 0. The highest BCUT2D eigenvalue weighted by molar-refractivity contribution is 5.89. The minimum atomic E-state index is -1.44. The Morgan fingerprint density at radius 3 is 2.43 bits per heavy atom. The van der Waals surface area contributed by atoms with Gasteiger partial charge in [0.05, 0.1) is 5.56 Å². The molecule has 0 aliphatic carbocycles. The molecule has 0 amide bonds. The number of carbonyl (C=O) groups excluding carboxylic acids is 1. The van der Waals surface area contributed by atoms with Crippen molar-refractivity contribution in [2.45, 2.75) is 30.7 Å². The van der Waals surface area contributed by atoms with Crippen molar-refractivity contribution in [1.29, 1.82) is 0 Å². The zero-order valence-electron chi connectivity index (χ0n) is 11.5. The quantitative estimate of drug-likeness (QED) is 0.631. The predicted octanol–water partition coefficient (Wildman–Crippen LogP) is -0.703. The minimum absolute atomic E-state index is 0.265. The number of rotatable bonds is 4. The van der Waals surface area contributed by atoms with Crippen LogP contribution >= 0.6 is 0 Å². The summed E-state index contributed by atoms with van der Waals surface area (Å²) in [5.41, 5.74) is 0.367. The van der Waals surface area contributed by atoms with Gasteiger partial charge in [-0.05, 0) is 12.1 Å². The largest absolute Gasteiger partial charge is 0.459 e. The summed E-state index contributed by atoms with van der Waals surface area (Å²) in [4.78, 5) is 11.8. The van der Waals surface area contributed by atoms with Crippen molar-refractivity contribution >= 4 is 5.97 Å². The summed E-state index contributed by atoms with van der Waals surface area (Å²) in [6.07, 6.45) is -6.27. The first-order valence-electron chi connectivity index (χ1n) is 6.49. The number of aliphatic hydroxyl groups excluding tert-OH is 3. The maximum Gasteiger partial charge on any atom is 0.338 e. The van der Waals surface area contributed by atoms with Gasteiger partial charge < -0.3 is 29.5 Å². The Hall–Kier alpha value is -1.51. The molecule has 0 radical (unpaired) electrons. The van der Waals surface area contributed by atoms with E-state index in [-0.39, 0.29) is 6.61 Å². The lowest BCUT2D eigenvalue weighted by molar-refractivity contribution is -0.294. The van der Waals surface area contributed by atoms with Gasteiger partial charge in [-0.1, -0.05) is 18.2 Å². The van der Waals surface area contributed by atoms with Gasteiger partial charge in [0.15, 0.2) is 6.29 Å². The second-order valence-corrected chi connectivity index (χ2v) is 4.71. The molecule has 116 valence electrons. The Labute approximate surface area is 121 Å². The Morgan fingerprint density at radius 1 is 1.14 bits per heavy atom. The van der Waals surface area contributed by atoms with Crippen LogP contribution in [0.2, 0.25) is 0 Å². The highest BCUT2D eigenvalue weighted by atomic mass is 16.7. The third-order valence-electron chi connectivity index (χ3n) is 3.29. The van der Waals surface area contributed by atoms with Gasteiger partial charge >= 0.3 is 5.97 Å². The van der Waals surface area contributed by atoms with E-state index in [0.717, 1.165) is 0 Å². The maximum absolute atomic E-state index is 11.8. The predicted molar refractivity (Wildman–Crippen MR) is 70.4 cm³/mol. The van der Waals surface area contributed by atoms with Crippen molar-refractivity contribution < 1.29 is 34.3 Å². The van der Waals surface area contributed by atoms with Crippen LogP contribution in [0.25, 0.3) is 0 Å². The van der Waals surface area contributed by atoms with Crippen molar-refractivity contribution in [3.63, 3.8) is 0 Å². The van der Waals surface area contributed by atoms with E-state index in [0.29, 0.717) is 5.56 Å². The van der Waals surface area contributed by atoms with E-state index >= 15 is 0 Å². The lowest BCUT2D eigenvalue weighted by atomic mass is 9.99. The summed E-state index contributed by atoms with van der Waals surface area (Å²) in [5, 5.41) is 29.1. The van der Waals surface area contributed by atoms with E-state index in [1.807, 2.05) is 0 Å².